The van der Waals surface area contributed by atoms with Crippen LogP contribution in [0.1, 0.15) is 42.1 Å². The SMILES string of the molecule is CCCCC(=O)Nc1ccccc1-n1ccc(C(=O)N2CCN(C(=O)O)CC2Cc2ccccc2)c1-c1ccccc1. The molecule has 0 radical (unpaired) electrons. The molecule has 1 aliphatic rings. The molecule has 1 saturated heterocycles. The highest BCUT2D eigenvalue weighted by Crippen LogP contribution is 2.33. The summed E-state index contributed by atoms with van der Waals surface area (Å²) in [5.74, 6) is -0.197. The first-order valence-electron chi connectivity index (χ1n) is 14.4. The van der Waals surface area contributed by atoms with Gasteiger partial charge in [0.15, 0.2) is 0 Å². The van der Waals surface area contributed by atoms with Crippen molar-refractivity contribution in [2.24, 2.45) is 0 Å². The number of hydrogen-bond donors (Lipinski definition) is 2. The van der Waals surface area contributed by atoms with Gasteiger partial charge in [0.25, 0.3) is 5.91 Å². The molecule has 216 valence electrons. The highest BCUT2D eigenvalue weighted by atomic mass is 16.4. The maximum Gasteiger partial charge on any atom is 0.407 e. The van der Waals surface area contributed by atoms with E-state index in [9.17, 15) is 19.5 Å². The number of nitrogens with zero attached hydrogens (tertiary/aromatic N) is 3. The number of carbonyl (C=O) groups is 3. The van der Waals surface area contributed by atoms with E-state index < -0.39 is 6.09 Å². The number of anilines is 1. The predicted octanol–water partition coefficient (Wildman–Crippen LogP) is 6.32. The van der Waals surface area contributed by atoms with Crippen LogP contribution in [0.4, 0.5) is 10.5 Å². The van der Waals surface area contributed by atoms with E-state index >= 15 is 0 Å². The van der Waals surface area contributed by atoms with E-state index in [4.69, 9.17) is 0 Å². The third kappa shape index (κ3) is 6.38. The minimum Gasteiger partial charge on any atom is -0.465 e. The molecule has 1 aliphatic heterocycles. The summed E-state index contributed by atoms with van der Waals surface area (Å²) in [7, 11) is 0. The van der Waals surface area contributed by atoms with Crippen molar-refractivity contribution in [1.82, 2.24) is 14.4 Å². The van der Waals surface area contributed by atoms with Gasteiger partial charge in [-0.3, -0.25) is 9.59 Å². The fourth-order valence-electron chi connectivity index (χ4n) is 5.55. The highest BCUT2D eigenvalue weighted by Gasteiger charge is 2.35. The zero-order chi connectivity index (χ0) is 29.5. The fourth-order valence-corrected chi connectivity index (χ4v) is 5.55. The van der Waals surface area contributed by atoms with Crippen LogP contribution in [0, 0.1) is 0 Å². The molecular formula is C34H36N4O4. The summed E-state index contributed by atoms with van der Waals surface area (Å²) in [6, 6.07) is 28.7. The van der Waals surface area contributed by atoms with E-state index in [2.05, 4.69) is 12.2 Å². The molecule has 1 unspecified atom stereocenters. The predicted molar refractivity (Wildman–Crippen MR) is 164 cm³/mol. The van der Waals surface area contributed by atoms with E-state index in [0.717, 1.165) is 35.3 Å². The second-order valence-electron chi connectivity index (χ2n) is 10.6. The van der Waals surface area contributed by atoms with Crippen LogP contribution in [0.5, 0.6) is 0 Å². The molecule has 42 heavy (non-hydrogen) atoms. The van der Waals surface area contributed by atoms with E-state index in [1.54, 1.807) is 0 Å². The Morgan fingerprint density at radius 2 is 1.57 bits per heavy atom. The van der Waals surface area contributed by atoms with E-state index in [-0.39, 0.29) is 30.9 Å². The van der Waals surface area contributed by atoms with Crippen LogP contribution in [0.25, 0.3) is 16.9 Å². The number of carboxylic acid groups (broad SMARTS) is 1. The molecule has 1 fully saturated rings. The van der Waals surface area contributed by atoms with Crippen LogP contribution in [0.15, 0.2) is 97.2 Å². The van der Waals surface area contributed by atoms with Gasteiger partial charge in [0, 0.05) is 32.3 Å². The Labute approximate surface area is 246 Å². The molecule has 3 aromatic carbocycles. The van der Waals surface area contributed by atoms with Crippen molar-refractivity contribution in [3.05, 3.63) is 108 Å². The maximum atomic E-state index is 14.4. The number of benzene rings is 3. The minimum absolute atomic E-state index is 0.0472. The molecule has 0 spiro atoms. The van der Waals surface area contributed by atoms with Crippen molar-refractivity contribution in [3.8, 4) is 16.9 Å². The largest absolute Gasteiger partial charge is 0.465 e. The summed E-state index contributed by atoms with van der Waals surface area (Å²) < 4.78 is 1.96. The summed E-state index contributed by atoms with van der Waals surface area (Å²) in [4.78, 5) is 42.1. The zero-order valence-electron chi connectivity index (χ0n) is 23.8. The molecule has 8 nitrogen and oxygen atoms in total. The number of unbranched alkanes of at least 4 members (excludes halogenated alkanes) is 1. The molecule has 1 atom stereocenters. The lowest BCUT2D eigenvalue weighted by Gasteiger charge is -2.40. The van der Waals surface area contributed by atoms with Gasteiger partial charge in [0.05, 0.1) is 28.7 Å². The third-order valence-corrected chi connectivity index (χ3v) is 7.69. The van der Waals surface area contributed by atoms with Gasteiger partial charge in [-0.15, -0.1) is 0 Å². The first-order chi connectivity index (χ1) is 20.5. The second kappa shape index (κ2) is 13.2. The quantitative estimate of drug-likeness (QED) is 0.249. The summed E-state index contributed by atoms with van der Waals surface area (Å²) in [6.07, 6.45) is 3.62. The Kier molecular flexibility index (Phi) is 9.02. The maximum absolute atomic E-state index is 14.4. The lowest BCUT2D eigenvalue weighted by atomic mass is 10.00. The Balaban J connectivity index is 1.54. The Morgan fingerprint density at radius 1 is 0.881 bits per heavy atom. The van der Waals surface area contributed by atoms with Crippen molar-refractivity contribution < 1.29 is 19.5 Å². The van der Waals surface area contributed by atoms with Crippen molar-refractivity contribution in [2.75, 3.05) is 25.0 Å². The van der Waals surface area contributed by atoms with Gasteiger partial charge in [0.2, 0.25) is 5.91 Å². The van der Waals surface area contributed by atoms with Gasteiger partial charge in [-0.1, -0.05) is 86.1 Å². The van der Waals surface area contributed by atoms with Gasteiger partial charge < -0.3 is 24.8 Å². The smallest absolute Gasteiger partial charge is 0.407 e. The summed E-state index contributed by atoms with van der Waals surface area (Å²) in [6.45, 7) is 2.84. The number of nitrogens with one attached hydrogen (secondary N) is 1. The second-order valence-corrected chi connectivity index (χ2v) is 10.6. The van der Waals surface area contributed by atoms with Crippen LogP contribution < -0.4 is 5.32 Å². The number of hydrogen-bond acceptors (Lipinski definition) is 3. The number of carbonyl (C=O) groups excluding carboxylic acids is 2. The molecule has 5 rings (SSSR count). The topological polar surface area (TPSA) is 94.9 Å². The van der Waals surface area contributed by atoms with E-state index in [1.807, 2.05) is 107 Å². The third-order valence-electron chi connectivity index (χ3n) is 7.69. The van der Waals surface area contributed by atoms with Gasteiger partial charge in [-0.05, 0) is 42.2 Å². The molecule has 2 heterocycles. The number of para-hydroxylation sites is 2. The molecular weight excluding hydrogens is 528 g/mol. The zero-order valence-corrected chi connectivity index (χ0v) is 23.8. The molecule has 0 aliphatic carbocycles. The Morgan fingerprint density at radius 3 is 2.29 bits per heavy atom. The standard InChI is InChI=1S/C34H36N4O4/c1-2-3-18-31(39)35-29-16-10-11-17-30(29)38-20-19-28(32(38)26-14-8-5-9-15-26)33(40)37-22-21-36(34(41)42)24-27(37)23-25-12-6-4-7-13-25/h4-17,19-20,27H,2-3,18,21-24H2,1H3,(H,35,39)(H,41,42). The van der Waals surface area contributed by atoms with E-state index in [0.29, 0.717) is 30.6 Å². The lowest BCUT2D eigenvalue weighted by Crippen LogP contribution is -2.57. The molecule has 3 amide bonds. The fraction of sp³-hybridized carbons (Fsp3) is 0.265. The van der Waals surface area contributed by atoms with Gasteiger partial charge >= 0.3 is 6.09 Å². The summed E-state index contributed by atoms with van der Waals surface area (Å²) in [5.41, 5.74) is 4.58. The average molecular weight is 565 g/mol. The van der Waals surface area contributed by atoms with Crippen molar-refractivity contribution in [3.63, 3.8) is 0 Å². The first-order valence-corrected chi connectivity index (χ1v) is 14.4. The molecule has 0 bridgehead atoms. The molecule has 4 aromatic rings. The average Bonchev–Trinajstić information content (AvgIpc) is 3.46. The summed E-state index contributed by atoms with van der Waals surface area (Å²) in [5, 5.41) is 12.8. The van der Waals surface area contributed by atoms with Crippen molar-refractivity contribution in [1.29, 1.82) is 0 Å². The molecule has 2 N–H and O–H groups in total. The van der Waals surface area contributed by atoms with Gasteiger partial charge in [0.1, 0.15) is 0 Å². The Bertz CT molecular complexity index is 1530. The van der Waals surface area contributed by atoms with Gasteiger partial charge in [-0.2, -0.15) is 0 Å². The molecule has 1 aromatic heterocycles. The van der Waals surface area contributed by atoms with Crippen LogP contribution in [0.3, 0.4) is 0 Å². The van der Waals surface area contributed by atoms with Crippen molar-refractivity contribution >= 4 is 23.6 Å². The molecule has 8 heteroatoms. The van der Waals surface area contributed by atoms with Gasteiger partial charge in [-0.25, -0.2) is 4.79 Å². The van der Waals surface area contributed by atoms with Crippen molar-refractivity contribution in [2.45, 2.75) is 38.6 Å². The summed E-state index contributed by atoms with van der Waals surface area (Å²) >= 11 is 0. The number of amides is 3. The number of rotatable bonds is 9. The highest BCUT2D eigenvalue weighted by molar-refractivity contribution is 6.01. The Hall–Kier alpha value is -4.85. The van der Waals surface area contributed by atoms with E-state index in [1.165, 1.54) is 4.90 Å². The van der Waals surface area contributed by atoms with Crippen LogP contribution >= 0.6 is 0 Å². The number of piperazine rings is 1. The van der Waals surface area contributed by atoms with Crippen LogP contribution in [-0.4, -0.2) is 63.1 Å². The minimum atomic E-state index is -0.978. The lowest BCUT2D eigenvalue weighted by molar-refractivity contribution is -0.116. The normalized spacial score (nSPS) is 14.9. The first kappa shape index (κ1) is 28.7. The molecule has 0 saturated carbocycles. The van der Waals surface area contributed by atoms with Crippen LogP contribution in [0.2, 0.25) is 0 Å². The monoisotopic (exact) mass is 564 g/mol. The van der Waals surface area contributed by atoms with Crippen LogP contribution in [-0.2, 0) is 11.2 Å². The number of aromatic nitrogens is 1.